The molecule has 0 radical (unpaired) electrons. The van der Waals surface area contributed by atoms with Crippen LogP contribution in [0.5, 0.6) is 5.75 Å². The van der Waals surface area contributed by atoms with E-state index in [9.17, 15) is 0 Å². The van der Waals surface area contributed by atoms with Crippen molar-refractivity contribution in [3.8, 4) is 5.75 Å². The Balaban J connectivity index is 2.07. The van der Waals surface area contributed by atoms with E-state index in [-0.39, 0.29) is 6.04 Å². The summed E-state index contributed by atoms with van der Waals surface area (Å²) in [7, 11) is 1.98. The molecule has 0 saturated carbocycles. The molecule has 1 aromatic heterocycles. The maximum atomic E-state index is 5.83. The van der Waals surface area contributed by atoms with Crippen LogP contribution in [0.15, 0.2) is 18.2 Å². The van der Waals surface area contributed by atoms with E-state index < -0.39 is 0 Å². The van der Waals surface area contributed by atoms with Gasteiger partial charge in [-0.2, -0.15) is 0 Å². The van der Waals surface area contributed by atoms with Gasteiger partial charge in [0.2, 0.25) is 0 Å². The van der Waals surface area contributed by atoms with Gasteiger partial charge in [0.25, 0.3) is 0 Å². The van der Waals surface area contributed by atoms with Gasteiger partial charge in [0.05, 0.1) is 23.2 Å². The van der Waals surface area contributed by atoms with Crippen molar-refractivity contribution in [1.82, 2.24) is 14.9 Å². The highest BCUT2D eigenvalue weighted by atomic mass is 32.1. The van der Waals surface area contributed by atoms with Crippen LogP contribution < -0.4 is 10.1 Å². The molecular weight excluding hydrogens is 270 g/mol. The van der Waals surface area contributed by atoms with Gasteiger partial charge in [-0.15, -0.1) is 5.10 Å². The Morgan fingerprint density at radius 1 is 1.35 bits per heavy atom. The summed E-state index contributed by atoms with van der Waals surface area (Å²) in [6.07, 6.45) is 0.998. The van der Waals surface area contributed by atoms with Crippen LogP contribution in [0.25, 0.3) is 0 Å². The molecule has 1 aliphatic heterocycles. The first-order chi connectivity index (χ1) is 9.72. The number of aromatic nitrogens is 2. The van der Waals surface area contributed by atoms with Gasteiger partial charge in [0, 0.05) is 12.0 Å². The zero-order chi connectivity index (χ0) is 14.1. The summed E-state index contributed by atoms with van der Waals surface area (Å²) in [5.74, 6) is 1.41. The van der Waals surface area contributed by atoms with E-state index >= 15 is 0 Å². The number of rotatable bonds is 4. The smallest absolute Gasteiger partial charge is 0.127 e. The molecule has 3 rings (SSSR count). The topological polar surface area (TPSA) is 47.0 Å². The summed E-state index contributed by atoms with van der Waals surface area (Å²) < 4.78 is 9.98. The number of nitrogens with one attached hydrogen (secondary N) is 1. The SMILES string of the molecule is CNC(c1cccc2c1OCC2)c1snnc1C(C)C. The molecular formula is C15H19N3OS. The van der Waals surface area contributed by atoms with Crippen molar-refractivity contribution in [2.45, 2.75) is 32.2 Å². The normalized spacial score (nSPS) is 15.2. The molecule has 106 valence electrons. The van der Waals surface area contributed by atoms with Gasteiger partial charge in [-0.05, 0) is 30.1 Å². The Kier molecular flexibility index (Phi) is 3.72. The quantitative estimate of drug-likeness (QED) is 0.940. The molecule has 20 heavy (non-hydrogen) atoms. The average Bonchev–Trinajstić information content (AvgIpc) is 3.08. The van der Waals surface area contributed by atoms with Crippen molar-refractivity contribution >= 4 is 11.5 Å². The van der Waals surface area contributed by atoms with E-state index in [4.69, 9.17) is 4.74 Å². The van der Waals surface area contributed by atoms with Crippen LogP contribution >= 0.6 is 11.5 Å². The van der Waals surface area contributed by atoms with Gasteiger partial charge in [0.15, 0.2) is 0 Å². The number of ether oxygens (including phenoxy) is 1. The van der Waals surface area contributed by atoms with Crippen molar-refractivity contribution in [3.63, 3.8) is 0 Å². The largest absolute Gasteiger partial charge is 0.493 e. The fourth-order valence-electron chi connectivity index (χ4n) is 2.70. The van der Waals surface area contributed by atoms with Crippen LogP contribution in [-0.2, 0) is 6.42 Å². The predicted molar refractivity (Wildman–Crippen MR) is 80.5 cm³/mol. The molecule has 1 unspecified atom stereocenters. The second kappa shape index (κ2) is 5.50. The first kappa shape index (κ1) is 13.5. The molecule has 0 saturated heterocycles. The minimum atomic E-state index is 0.0976. The number of hydrogen-bond acceptors (Lipinski definition) is 5. The molecule has 0 fully saturated rings. The molecule has 2 aromatic rings. The van der Waals surface area contributed by atoms with Gasteiger partial charge >= 0.3 is 0 Å². The molecule has 1 aromatic carbocycles. The third-order valence-electron chi connectivity index (χ3n) is 3.69. The van der Waals surface area contributed by atoms with Crippen LogP contribution in [0.3, 0.4) is 0 Å². The highest BCUT2D eigenvalue weighted by molar-refractivity contribution is 7.05. The van der Waals surface area contributed by atoms with E-state index in [1.807, 2.05) is 7.05 Å². The minimum Gasteiger partial charge on any atom is -0.493 e. The molecule has 0 aliphatic carbocycles. The van der Waals surface area contributed by atoms with E-state index in [1.54, 1.807) is 0 Å². The minimum absolute atomic E-state index is 0.0976. The van der Waals surface area contributed by atoms with Gasteiger partial charge in [-0.25, -0.2) is 0 Å². The fraction of sp³-hybridized carbons (Fsp3) is 0.467. The van der Waals surface area contributed by atoms with Crippen molar-refractivity contribution in [2.24, 2.45) is 0 Å². The Labute approximate surface area is 123 Å². The first-order valence-corrected chi connectivity index (χ1v) is 7.73. The summed E-state index contributed by atoms with van der Waals surface area (Å²) >= 11 is 1.47. The highest BCUT2D eigenvalue weighted by Crippen LogP contribution is 2.38. The number of hydrogen-bond donors (Lipinski definition) is 1. The lowest BCUT2D eigenvalue weighted by molar-refractivity contribution is 0.351. The summed E-state index contributed by atoms with van der Waals surface area (Å²) in [6.45, 7) is 5.08. The van der Waals surface area contributed by atoms with Gasteiger partial charge < -0.3 is 10.1 Å². The van der Waals surface area contributed by atoms with E-state index in [1.165, 1.54) is 27.5 Å². The van der Waals surface area contributed by atoms with Crippen LogP contribution in [0.1, 0.15) is 47.5 Å². The summed E-state index contributed by atoms with van der Waals surface area (Å²) in [6, 6.07) is 6.49. The van der Waals surface area contributed by atoms with Gasteiger partial charge in [-0.1, -0.05) is 36.5 Å². The lowest BCUT2D eigenvalue weighted by Gasteiger charge is -2.19. The number of nitrogens with zero attached hydrogens (tertiary/aromatic N) is 2. The lowest BCUT2D eigenvalue weighted by atomic mass is 9.97. The van der Waals surface area contributed by atoms with E-state index in [0.717, 1.165) is 24.5 Å². The zero-order valence-electron chi connectivity index (χ0n) is 12.0. The van der Waals surface area contributed by atoms with Crippen molar-refractivity contribution in [2.75, 3.05) is 13.7 Å². The molecule has 4 nitrogen and oxygen atoms in total. The Morgan fingerprint density at radius 3 is 2.95 bits per heavy atom. The van der Waals surface area contributed by atoms with Crippen molar-refractivity contribution < 1.29 is 4.74 Å². The van der Waals surface area contributed by atoms with Crippen LogP contribution in [-0.4, -0.2) is 23.2 Å². The first-order valence-electron chi connectivity index (χ1n) is 6.96. The number of fused-ring (bicyclic) bond motifs is 1. The lowest BCUT2D eigenvalue weighted by Crippen LogP contribution is -2.19. The third-order valence-corrected chi connectivity index (χ3v) is 4.50. The van der Waals surface area contributed by atoms with E-state index in [2.05, 4.69) is 47.0 Å². The van der Waals surface area contributed by atoms with Crippen LogP contribution in [0.4, 0.5) is 0 Å². The maximum Gasteiger partial charge on any atom is 0.127 e. The molecule has 0 amide bonds. The maximum absolute atomic E-state index is 5.83. The predicted octanol–water partition coefficient (Wildman–Crippen LogP) is 2.91. The van der Waals surface area contributed by atoms with Gasteiger partial charge in [0.1, 0.15) is 5.75 Å². The monoisotopic (exact) mass is 289 g/mol. The molecule has 5 heteroatoms. The van der Waals surface area contributed by atoms with Crippen LogP contribution in [0, 0.1) is 0 Å². The Hall–Kier alpha value is -1.46. The molecule has 0 bridgehead atoms. The summed E-state index contributed by atoms with van der Waals surface area (Å²) in [4.78, 5) is 1.19. The molecule has 1 aliphatic rings. The molecule has 1 atom stereocenters. The van der Waals surface area contributed by atoms with Crippen molar-refractivity contribution in [1.29, 1.82) is 0 Å². The standard InChI is InChI=1S/C15H19N3OS/c1-9(2)12-15(20-18-17-12)13(16-3)11-6-4-5-10-7-8-19-14(10)11/h4-6,9,13,16H,7-8H2,1-3H3. The summed E-state index contributed by atoms with van der Waals surface area (Å²) in [5, 5.41) is 7.69. The highest BCUT2D eigenvalue weighted by Gasteiger charge is 2.26. The van der Waals surface area contributed by atoms with Gasteiger partial charge in [-0.3, -0.25) is 0 Å². The second-order valence-electron chi connectivity index (χ2n) is 5.33. The van der Waals surface area contributed by atoms with Crippen LogP contribution in [0.2, 0.25) is 0 Å². The van der Waals surface area contributed by atoms with Crippen molar-refractivity contribution in [3.05, 3.63) is 39.9 Å². The Morgan fingerprint density at radius 2 is 2.20 bits per heavy atom. The third kappa shape index (κ3) is 2.21. The Bertz CT molecular complexity index is 609. The second-order valence-corrected chi connectivity index (χ2v) is 6.12. The summed E-state index contributed by atoms with van der Waals surface area (Å²) in [5.41, 5.74) is 3.56. The zero-order valence-corrected chi connectivity index (χ0v) is 12.8. The number of benzene rings is 1. The van der Waals surface area contributed by atoms with E-state index in [0.29, 0.717) is 5.92 Å². The number of para-hydroxylation sites is 1. The average molecular weight is 289 g/mol. The molecule has 2 heterocycles. The fourth-order valence-corrected chi connectivity index (χ4v) is 3.64. The molecule has 1 N–H and O–H groups in total. The molecule has 0 spiro atoms.